The van der Waals surface area contributed by atoms with Gasteiger partial charge in [-0.15, -0.1) is 17.9 Å². The van der Waals surface area contributed by atoms with Gasteiger partial charge in [0.25, 0.3) is 5.56 Å². The lowest BCUT2D eigenvalue weighted by molar-refractivity contribution is 0.668. The van der Waals surface area contributed by atoms with Crippen LogP contribution >= 0.6 is 39.0 Å². The molecule has 0 fully saturated rings. The molecular weight excluding hydrogens is 380 g/mol. The third kappa shape index (κ3) is 2.96. The second kappa shape index (κ2) is 6.72. The monoisotopic (exact) mass is 396 g/mol. The molecular formula is C16H17BrN2OS2. The summed E-state index contributed by atoms with van der Waals surface area (Å²) in [5.74, 6) is 0.695. The Hall–Kier alpha value is -0.850. The molecule has 22 heavy (non-hydrogen) atoms. The molecule has 3 nitrogen and oxygen atoms in total. The van der Waals surface area contributed by atoms with Gasteiger partial charge >= 0.3 is 0 Å². The highest BCUT2D eigenvalue weighted by Crippen LogP contribution is 2.34. The van der Waals surface area contributed by atoms with Crippen molar-refractivity contribution >= 4 is 49.2 Å². The van der Waals surface area contributed by atoms with Crippen molar-refractivity contribution < 1.29 is 0 Å². The predicted molar refractivity (Wildman–Crippen MR) is 99.5 cm³/mol. The highest BCUT2D eigenvalue weighted by atomic mass is 79.9. The van der Waals surface area contributed by atoms with Crippen molar-refractivity contribution in [1.29, 1.82) is 0 Å². The Morgan fingerprint density at radius 1 is 1.45 bits per heavy atom. The molecule has 1 aliphatic carbocycles. The summed E-state index contributed by atoms with van der Waals surface area (Å²) in [5, 5.41) is 1.58. The number of aryl methyl sites for hydroxylation is 2. The zero-order valence-corrected chi connectivity index (χ0v) is 15.5. The van der Waals surface area contributed by atoms with E-state index in [-0.39, 0.29) is 5.56 Å². The van der Waals surface area contributed by atoms with Crippen molar-refractivity contribution in [2.75, 3.05) is 5.75 Å². The Balaban J connectivity index is 2.18. The molecule has 6 heteroatoms. The van der Waals surface area contributed by atoms with Gasteiger partial charge < -0.3 is 0 Å². The van der Waals surface area contributed by atoms with Crippen molar-refractivity contribution in [2.45, 2.75) is 37.4 Å². The van der Waals surface area contributed by atoms with E-state index in [9.17, 15) is 4.79 Å². The van der Waals surface area contributed by atoms with Crippen LogP contribution in [0.1, 0.15) is 23.3 Å². The maximum absolute atomic E-state index is 13.0. The topological polar surface area (TPSA) is 34.9 Å². The molecule has 0 aromatic carbocycles. The summed E-state index contributed by atoms with van der Waals surface area (Å²) in [7, 11) is 0. The summed E-state index contributed by atoms with van der Waals surface area (Å²) in [5.41, 5.74) is 1.31. The third-order valence-electron chi connectivity index (χ3n) is 3.71. The molecule has 0 radical (unpaired) electrons. The molecule has 0 aliphatic heterocycles. The molecule has 0 atom stereocenters. The lowest BCUT2D eigenvalue weighted by Crippen LogP contribution is -2.23. The maximum atomic E-state index is 13.0. The molecule has 0 amide bonds. The van der Waals surface area contributed by atoms with Crippen LogP contribution in [-0.2, 0) is 19.4 Å². The number of rotatable bonds is 5. The van der Waals surface area contributed by atoms with Gasteiger partial charge in [0.2, 0.25) is 0 Å². The number of allylic oxidation sites excluding steroid dienone is 1. The van der Waals surface area contributed by atoms with Crippen molar-refractivity contribution in [2.24, 2.45) is 0 Å². The molecule has 1 aliphatic rings. The van der Waals surface area contributed by atoms with Crippen LogP contribution in [-0.4, -0.2) is 15.3 Å². The van der Waals surface area contributed by atoms with Gasteiger partial charge in [-0.2, -0.15) is 0 Å². The lowest BCUT2D eigenvalue weighted by Gasteiger charge is -2.12. The molecule has 3 rings (SSSR count). The van der Waals surface area contributed by atoms with E-state index in [2.05, 4.69) is 29.1 Å². The van der Waals surface area contributed by atoms with Crippen LogP contribution in [0.15, 0.2) is 33.7 Å². The first-order chi connectivity index (χ1) is 10.6. The summed E-state index contributed by atoms with van der Waals surface area (Å²) < 4.78 is 2.62. The zero-order chi connectivity index (χ0) is 15.7. The molecule has 0 spiro atoms. The fourth-order valence-electron chi connectivity index (χ4n) is 2.76. The molecule has 0 saturated heterocycles. The van der Waals surface area contributed by atoms with E-state index in [4.69, 9.17) is 4.98 Å². The van der Waals surface area contributed by atoms with E-state index in [0.29, 0.717) is 12.3 Å². The molecule has 0 N–H and O–H groups in total. The first-order valence-electron chi connectivity index (χ1n) is 7.24. The summed E-state index contributed by atoms with van der Waals surface area (Å²) in [6.45, 7) is 8.10. The van der Waals surface area contributed by atoms with Gasteiger partial charge in [-0.1, -0.05) is 40.3 Å². The predicted octanol–water partition coefficient (Wildman–Crippen LogP) is 4.52. The molecule has 116 valence electrons. The number of hydrogen-bond acceptors (Lipinski definition) is 4. The van der Waals surface area contributed by atoms with Gasteiger partial charge in [0.1, 0.15) is 4.83 Å². The first-order valence-corrected chi connectivity index (χ1v) is 9.83. The normalized spacial score (nSPS) is 14.0. The Bertz CT molecular complexity index is 807. The van der Waals surface area contributed by atoms with Gasteiger partial charge in [-0.3, -0.25) is 9.36 Å². The smallest absolute Gasteiger partial charge is 0.263 e. The van der Waals surface area contributed by atoms with Gasteiger partial charge in [-0.25, -0.2) is 4.98 Å². The number of hydrogen-bond donors (Lipinski definition) is 0. The van der Waals surface area contributed by atoms with Crippen LogP contribution in [0, 0.1) is 0 Å². The van der Waals surface area contributed by atoms with Crippen molar-refractivity contribution in [1.82, 2.24) is 9.55 Å². The third-order valence-corrected chi connectivity index (χ3v) is 6.61. The van der Waals surface area contributed by atoms with E-state index in [1.54, 1.807) is 22.0 Å². The van der Waals surface area contributed by atoms with Crippen molar-refractivity contribution in [3.63, 3.8) is 0 Å². The maximum Gasteiger partial charge on any atom is 0.263 e. The summed E-state index contributed by atoms with van der Waals surface area (Å²) in [6.07, 6.45) is 6.22. The van der Waals surface area contributed by atoms with Crippen LogP contribution in [0.25, 0.3) is 10.2 Å². The second-order valence-corrected chi connectivity index (χ2v) is 8.44. The second-order valence-electron chi connectivity index (χ2n) is 5.30. The van der Waals surface area contributed by atoms with Crippen LogP contribution in [0.4, 0.5) is 0 Å². The number of thioether (sulfide) groups is 1. The van der Waals surface area contributed by atoms with Gasteiger partial charge in [0, 0.05) is 17.2 Å². The van der Waals surface area contributed by atoms with Crippen molar-refractivity contribution in [3.05, 3.63) is 44.5 Å². The van der Waals surface area contributed by atoms with E-state index in [1.165, 1.54) is 35.0 Å². The van der Waals surface area contributed by atoms with Crippen LogP contribution in [0.3, 0.4) is 0 Å². The number of nitrogens with zero attached hydrogens (tertiary/aromatic N) is 2. The standard InChI is InChI=1S/C16H17BrN2OS2/c1-3-8-19-15(20)13-11-6-4-5-7-12(11)22-14(13)18-16(19)21-9-10(2)17/h3H,1-2,4-9H2. The quantitative estimate of drug-likeness (QED) is 0.423. The van der Waals surface area contributed by atoms with Crippen molar-refractivity contribution in [3.8, 4) is 0 Å². The summed E-state index contributed by atoms with van der Waals surface area (Å²) in [6, 6.07) is 0. The van der Waals surface area contributed by atoms with Crippen LogP contribution in [0.5, 0.6) is 0 Å². The lowest BCUT2D eigenvalue weighted by atomic mass is 9.97. The number of thiophene rings is 1. The zero-order valence-electron chi connectivity index (χ0n) is 12.2. The molecule has 0 saturated carbocycles. The minimum atomic E-state index is 0.0759. The first kappa shape index (κ1) is 16.0. The average Bonchev–Trinajstić information content (AvgIpc) is 2.86. The molecule has 0 bridgehead atoms. The largest absolute Gasteiger partial charge is 0.283 e. The highest BCUT2D eigenvalue weighted by Gasteiger charge is 2.21. The Kier molecular flexibility index (Phi) is 4.90. The molecule has 2 aromatic heterocycles. The summed E-state index contributed by atoms with van der Waals surface area (Å²) in [4.78, 5) is 20.0. The Morgan fingerprint density at radius 3 is 2.95 bits per heavy atom. The van der Waals surface area contributed by atoms with E-state index < -0.39 is 0 Å². The van der Waals surface area contributed by atoms with E-state index >= 15 is 0 Å². The van der Waals surface area contributed by atoms with Gasteiger partial charge in [-0.05, 0) is 35.7 Å². The molecule has 2 heterocycles. The van der Waals surface area contributed by atoms with Gasteiger partial charge in [0.05, 0.1) is 5.39 Å². The number of fused-ring (bicyclic) bond motifs is 3. The summed E-state index contributed by atoms with van der Waals surface area (Å²) >= 11 is 6.59. The molecule has 0 unspecified atom stereocenters. The minimum Gasteiger partial charge on any atom is -0.283 e. The van der Waals surface area contributed by atoms with Crippen LogP contribution < -0.4 is 5.56 Å². The number of aromatic nitrogens is 2. The van der Waals surface area contributed by atoms with Gasteiger partial charge in [0.15, 0.2) is 5.16 Å². The van der Waals surface area contributed by atoms with Crippen LogP contribution in [0.2, 0.25) is 0 Å². The SMILES string of the molecule is C=CCn1c(SCC(=C)Br)nc2sc3c(c2c1=O)CCCC3. The fourth-order valence-corrected chi connectivity index (χ4v) is 5.17. The minimum absolute atomic E-state index is 0.0759. The molecule has 2 aromatic rings. The van der Waals surface area contributed by atoms with E-state index in [1.807, 2.05) is 0 Å². The highest BCUT2D eigenvalue weighted by molar-refractivity contribution is 9.11. The fraction of sp³-hybridized carbons (Fsp3) is 0.375. The Labute approximate surface area is 146 Å². The van der Waals surface area contributed by atoms with E-state index in [0.717, 1.165) is 32.7 Å². The average molecular weight is 397 g/mol. The Morgan fingerprint density at radius 2 is 2.23 bits per heavy atom. The number of halogens is 1.